The van der Waals surface area contributed by atoms with Crippen molar-refractivity contribution in [2.75, 3.05) is 6.61 Å². The molecule has 1 spiro atoms. The Kier molecular flexibility index (Phi) is 2.32. The third kappa shape index (κ3) is 1.67. The number of rotatable bonds is 4. The van der Waals surface area contributed by atoms with Crippen LogP contribution in [0.25, 0.3) is 0 Å². The second-order valence-corrected chi connectivity index (χ2v) is 5.40. The van der Waals surface area contributed by atoms with Crippen molar-refractivity contribution < 1.29 is 9.53 Å². The SMILES string of the molecule is CCCCOC(=O)C1(C)CC2(CC2)C1. The average Bonchev–Trinajstić information content (AvgIpc) is 2.84. The van der Waals surface area contributed by atoms with E-state index in [1.165, 1.54) is 12.8 Å². The highest BCUT2D eigenvalue weighted by molar-refractivity contribution is 5.78. The Morgan fingerprint density at radius 3 is 2.50 bits per heavy atom. The molecule has 0 amide bonds. The molecule has 2 rings (SSSR count). The molecule has 0 heterocycles. The van der Waals surface area contributed by atoms with Crippen molar-refractivity contribution in [2.24, 2.45) is 10.8 Å². The second kappa shape index (κ2) is 3.25. The van der Waals surface area contributed by atoms with Crippen molar-refractivity contribution in [1.82, 2.24) is 0 Å². The lowest BCUT2D eigenvalue weighted by Gasteiger charge is -2.43. The summed E-state index contributed by atoms with van der Waals surface area (Å²) in [6.45, 7) is 4.78. The fraction of sp³-hybridized carbons (Fsp3) is 0.917. The fourth-order valence-electron chi connectivity index (χ4n) is 2.76. The Hall–Kier alpha value is -0.530. The van der Waals surface area contributed by atoms with E-state index in [4.69, 9.17) is 4.74 Å². The zero-order valence-corrected chi connectivity index (χ0v) is 9.27. The van der Waals surface area contributed by atoms with Crippen molar-refractivity contribution in [3.63, 3.8) is 0 Å². The topological polar surface area (TPSA) is 26.3 Å². The van der Waals surface area contributed by atoms with E-state index < -0.39 is 0 Å². The summed E-state index contributed by atoms with van der Waals surface area (Å²) in [7, 11) is 0. The van der Waals surface area contributed by atoms with Gasteiger partial charge >= 0.3 is 5.97 Å². The maximum Gasteiger partial charge on any atom is 0.311 e. The van der Waals surface area contributed by atoms with Crippen LogP contribution in [-0.2, 0) is 9.53 Å². The van der Waals surface area contributed by atoms with E-state index in [0.29, 0.717) is 12.0 Å². The van der Waals surface area contributed by atoms with Crippen LogP contribution in [0.1, 0.15) is 52.4 Å². The first kappa shape index (κ1) is 10.0. The van der Waals surface area contributed by atoms with Gasteiger partial charge in [-0.2, -0.15) is 0 Å². The quantitative estimate of drug-likeness (QED) is 0.510. The molecule has 2 fully saturated rings. The molecule has 14 heavy (non-hydrogen) atoms. The standard InChI is InChI=1S/C12H20O2/c1-3-4-7-14-10(13)11(2)8-12(9-11)5-6-12/h3-9H2,1-2H3. The highest BCUT2D eigenvalue weighted by Gasteiger charge is 2.62. The largest absolute Gasteiger partial charge is 0.465 e. The molecule has 0 atom stereocenters. The van der Waals surface area contributed by atoms with Gasteiger partial charge < -0.3 is 4.74 Å². The molecule has 0 unspecified atom stereocenters. The molecule has 0 aromatic rings. The van der Waals surface area contributed by atoms with Gasteiger partial charge in [-0.25, -0.2) is 0 Å². The van der Waals surface area contributed by atoms with Crippen LogP contribution < -0.4 is 0 Å². The van der Waals surface area contributed by atoms with Gasteiger partial charge in [0.15, 0.2) is 0 Å². The van der Waals surface area contributed by atoms with Gasteiger partial charge in [-0.1, -0.05) is 13.3 Å². The predicted octanol–water partition coefficient (Wildman–Crippen LogP) is 2.91. The third-order valence-corrected chi connectivity index (χ3v) is 3.71. The van der Waals surface area contributed by atoms with Crippen LogP contribution >= 0.6 is 0 Å². The monoisotopic (exact) mass is 196 g/mol. The van der Waals surface area contributed by atoms with Crippen LogP contribution in [-0.4, -0.2) is 12.6 Å². The summed E-state index contributed by atoms with van der Waals surface area (Å²) in [6, 6.07) is 0. The summed E-state index contributed by atoms with van der Waals surface area (Å²) in [5.74, 6) is 0.0449. The number of ether oxygens (including phenoxy) is 1. The van der Waals surface area contributed by atoms with Crippen molar-refractivity contribution in [3.05, 3.63) is 0 Å². The average molecular weight is 196 g/mol. The molecule has 0 N–H and O–H groups in total. The Bertz CT molecular complexity index is 233. The van der Waals surface area contributed by atoms with Crippen LogP contribution in [0.15, 0.2) is 0 Å². The summed E-state index contributed by atoms with van der Waals surface area (Å²) in [5, 5.41) is 0. The molecule has 0 radical (unpaired) electrons. The maximum absolute atomic E-state index is 11.7. The first-order valence-electron chi connectivity index (χ1n) is 5.78. The molecule has 80 valence electrons. The van der Waals surface area contributed by atoms with E-state index in [2.05, 4.69) is 13.8 Å². The lowest BCUT2D eigenvalue weighted by Crippen LogP contribution is -2.43. The molecule has 0 aliphatic heterocycles. The van der Waals surface area contributed by atoms with E-state index >= 15 is 0 Å². The number of carbonyl (C=O) groups excluding carboxylic acids is 1. The van der Waals surface area contributed by atoms with Crippen LogP contribution in [0.4, 0.5) is 0 Å². The van der Waals surface area contributed by atoms with Crippen molar-refractivity contribution in [1.29, 1.82) is 0 Å². The first-order valence-corrected chi connectivity index (χ1v) is 5.78. The van der Waals surface area contributed by atoms with Crippen molar-refractivity contribution in [2.45, 2.75) is 52.4 Å². The Labute approximate surface area is 86.0 Å². The zero-order chi connectivity index (χ0) is 10.2. The van der Waals surface area contributed by atoms with Crippen LogP contribution in [0.2, 0.25) is 0 Å². The summed E-state index contributed by atoms with van der Waals surface area (Å²) >= 11 is 0. The number of hydrogen-bond acceptors (Lipinski definition) is 2. The number of carbonyl (C=O) groups is 1. The van der Waals surface area contributed by atoms with Gasteiger partial charge in [0, 0.05) is 0 Å². The van der Waals surface area contributed by atoms with Gasteiger partial charge in [-0.05, 0) is 44.4 Å². The van der Waals surface area contributed by atoms with Gasteiger partial charge in [0.05, 0.1) is 12.0 Å². The van der Waals surface area contributed by atoms with E-state index in [1.807, 2.05) is 0 Å². The molecule has 2 saturated carbocycles. The van der Waals surface area contributed by atoms with Crippen LogP contribution in [0, 0.1) is 10.8 Å². The highest BCUT2D eigenvalue weighted by atomic mass is 16.5. The Morgan fingerprint density at radius 1 is 1.36 bits per heavy atom. The molecule has 2 heteroatoms. The molecule has 0 saturated heterocycles. The first-order chi connectivity index (χ1) is 6.60. The maximum atomic E-state index is 11.7. The Morgan fingerprint density at radius 2 is 2.00 bits per heavy atom. The van der Waals surface area contributed by atoms with E-state index in [-0.39, 0.29) is 11.4 Å². The Balaban J connectivity index is 1.74. The lowest BCUT2D eigenvalue weighted by atomic mass is 9.61. The van der Waals surface area contributed by atoms with Crippen LogP contribution in [0.3, 0.4) is 0 Å². The predicted molar refractivity (Wildman–Crippen MR) is 54.9 cm³/mol. The fourth-order valence-corrected chi connectivity index (χ4v) is 2.76. The molecular formula is C12H20O2. The minimum absolute atomic E-state index is 0.0449. The normalized spacial score (nSPS) is 25.6. The molecule has 2 aliphatic rings. The molecule has 2 aliphatic carbocycles. The molecule has 0 bridgehead atoms. The lowest BCUT2D eigenvalue weighted by molar-refractivity contribution is -0.165. The summed E-state index contributed by atoms with van der Waals surface area (Å²) < 4.78 is 5.27. The van der Waals surface area contributed by atoms with Gasteiger partial charge in [0.25, 0.3) is 0 Å². The van der Waals surface area contributed by atoms with Gasteiger partial charge in [0.1, 0.15) is 0 Å². The smallest absolute Gasteiger partial charge is 0.311 e. The van der Waals surface area contributed by atoms with Crippen molar-refractivity contribution in [3.8, 4) is 0 Å². The number of esters is 1. The molecule has 0 aromatic carbocycles. The summed E-state index contributed by atoms with van der Waals surface area (Å²) in [4.78, 5) is 11.7. The highest BCUT2D eigenvalue weighted by Crippen LogP contribution is 2.68. The van der Waals surface area contributed by atoms with Gasteiger partial charge in [-0.3, -0.25) is 4.79 Å². The van der Waals surface area contributed by atoms with Crippen LogP contribution in [0.5, 0.6) is 0 Å². The number of unbranched alkanes of at least 4 members (excludes halogenated alkanes) is 1. The molecular weight excluding hydrogens is 176 g/mol. The van der Waals surface area contributed by atoms with E-state index in [0.717, 1.165) is 25.7 Å². The molecule has 0 aromatic heterocycles. The van der Waals surface area contributed by atoms with Crippen molar-refractivity contribution >= 4 is 5.97 Å². The summed E-state index contributed by atoms with van der Waals surface area (Å²) in [5.41, 5.74) is 0.447. The van der Waals surface area contributed by atoms with E-state index in [1.54, 1.807) is 0 Å². The number of hydrogen-bond donors (Lipinski definition) is 0. The van der Waals surface area contributed by atoms with Gasteiger partial charge in [0.2, 0.25) is 0 Å². The summed E-state index contributed by atoms with van der Waals surface area (Å²) in [6.07, 6.45) is 6.91. The molecule has 2 nitrogen and oxygen atoms in total. The minimum Gasteiger partial charge on any atom is -0.465 e. The zero-order valence-electron chi connectivity index (χ0n) is 9.27. The van der Waals surface area contributed by atoms with Gasteiger partial charge in [-0.15, -0.1) is 0 Å². The third-order valence-electron chi connectivity index (χ3n) is 3.71. The minimum atomic E-state index is -0.135. The second-order valence-electron chi connectivity index (χ2n) is 5.40. The van der Waals surface area contributed by atoms with E-state index in [9.17, 15) is 4.79 Å².